The van der Waals surface area contributed by atoms with Crippen molar-refractivity contribution in [1.29, 1.82) is 0 Å². The average Bonchev–Trinajstić information content (AvgIpc) is 2.84. The van der Waals surface area contributed by atoms with Crippen molar-refractivity contribution in [3.8, 4) is 19.7 Å². The summed E-state index contributed by atoms with van der Waals surface area (Å²) in [6, 6.07) is 42.0. The van der Waals surface area contributed by atoms with Gasteiger partial charge in [0.05, 0.1) is 0 Å². The molecular weight excluding hydrogens is 479 g/mol. The van der Waals surface area contributed by atoms with E-state index in [0.717, 1.165) is 20.0 Å². The molecule has 148 valence electrons. The topological polar surface area (TPSA) is 0 Å². The van der Waals surface area contributed by atoms with E-state index in [4.69, 9.17) is 0 Å². The Bertz CT molecular complexity index is 1110. The molecule has 0 N–H and O–H groups in total. The molecule has 0 bridgehead atoms. The molecule has 0 amide bonds. The third-order valence-electron chi connectivity index (χ3n) is 5.14. The first-order valence-corrected chi connectivity index (χ1v) is 17.4. The van der Waals surface area contributed by atoms with Gasteiger partial charge in [-0.15, -0.1) is 0 Å². The summed E-state index contributed by atoms with van der Waals surface area (Å²) in [6.45, 7) is 0. The van der Waals surface area contributed by atoms with E-state index in [1.165, 1.54) is 11.1 Å². The van der Waals surface area contributed by atoms with Crippen molar-refractivity contribution in [2.45, 2.75) is 8.87 Å². The van der Waals surface area contributed by atoms with E-state index in [2.05, 4.69) is 105 Å². The Morgan fingerprint density at radius 3 is 1.10 bits per heavy atom. The Hall–Kier alpha value is -3.20. The van der Waals surface area contributed by atoms with Gasteiger partial charge in [-0.1, -0.05) is 0 Å². The molecule has 0 aliphatic carbocycles. The molecule has 0 aromatic heterocycles. The molecule has 0 saturated heterocycles. The normalized spacial score (nSPS) is 10.3. The van der Waals surface area contributed by atoms with Crippen molar-refractivity contribution >= 4 is 18.4 Å². The van der Waals surface area contributed by atoms with Gasteiger partial charge in [0.1, 0.15) is 0 Å². The summed E-state index contributed by atoms with van der Waals surface area (Å²) in [5.41, 5.74) is 4.79. The van der Waals surface area contributed by atoms with E-state index in [1.54, 1.807) is 0 Å². The van der Waals surface area contributed by atoms with Crippen molar-refractivity contribution in [2.75, 3.05) is 0 Å². The fourth-order valence-electron chi connectivity index (χ4n) is 3.59. The number of benzene rings is 4. The van der Waals surface area contributed by atoms with Crippen molar-refractivity contribution < 1.29 is 0 Å². The minimum absolute atomic E-state index is 0.976. The molecule has 0 unspecified atom stereocenters. The van der Waals surface area contributed by atoms with E-state index in [-0.39, 0.29) is 0 Å². The molecule has 0 saturated carbocycles. The first kappa shape index (κ1) is 21.0. The molecule has 0 atom stereocenters. The number of hydrogen-bond donors (Lipinski definition) is 0. The second kappa shape index (κ2) is 10.7. The van der Waals surface area contributed by atoms with Crippen LogP contribution in [0.25, 0.3) is 0 Å². The molecule has 31 heavy (non-hydrogen) atoms. The molecule has 0 heterocycles. The van der Waals surface area contributed by atoms with E-state index < -0.39 is 18.4 Å². The van der Waals surface area contributed by atoms with Crippen LogP contribution in [0, 0.1) is 19.7 Å². The SMILES string of the molecule is C(#[C][Sn]([C]#Cc1ccccc1)([CH2]c1ccccc1)[CH2]c1ccccc1)c1ccccc1. The molecule has 4 aromatic rings. The first-order chi connectivity index (χ1) is 15.3. The summed E-state index contributed by atoms with van der Waals surface area (Å²) in [5, 5.41) is 0. The van der Waals surface area contributed by atoms with E-state index in [0.29, 0.717) is 0 Å². The molecule has 0 radical (unpaired) electrons. The fraction of sp³-hybridized carbons (Fsp3) is 0.0667. The Labute approximate surface area is 189 Å². The summed E-state index contributed by atoms with van der Waals surface area (Å²) in [6.07, 6.45) is 0. The van der Waals surface area contributed by atoms with Crippen LogP contribution in [0.2, 0.25) is 0 Å². The van der Waals surface area contributed by atoms with Crippen LogP contribution in [0.3, 0.4) is 0 Å². The van der Waals surface area contributed by atoms with Gasteiger partial charge >= 0.3 is 191 Å². The minimum atomic E-state index is -3.32. The van der Waals surface area contributed by atoms with Gasteiger partial charge in [-0.2, -0.15) is 0 Å². The zero-order valence-corrected chi connectivity index (χ0v) is 20.3. The standard InChI is InChI=1S/2C8H5.2C7H7.Sn/c2*1-2-8-6-4-3-5-7-8;2*1-7-5-3-2-4-6-7;/h2*3-7H;2*2-6H,1H2;. The Morgan fingerprint density at radius 2 is 0.742 bits per heavy atom. The Balaban J connectivity index is 1.82. The predicted molar refractivity (Wildman–Crippen MR) is 133 cm³/mol. The second-order valence-corrected chi connectivity index (χ2v) is 17.3. The molecule has 4 aromatic carbocycles. The third kappa shape index (κ3) is 6.39. The maximum absolute atomic E-state index is 3.80. The van der Waals surface area contributed by atoms with Crippen LogP contribution in [0.1, 0.15) is 22.3 Å². The summed E-state index contributed by atoms with van der Waals surface area (Å²) in [4.78, 5) is 0. The molecule has 0 aliphatic rings. The summed E-state index contributed by atoms with van der Waals surface area (Å²) in [5.74, 6) is 7.01. The molecule has 1 heteroatoms. The predicted octanol–water partition coefficient (Wildman–Crippen LogP) is 6.18. The second-order valence-electron chi connectivity index (χ2n) is 7.64. The van der Waals surface area contributed by atoms with Gasteiger partial charge < -0.3 is 0 Å². The molecule has 0 aliphatic heterocycles. The van der Waals surface area contributed by atoms with Crippen LogP contribution in [-0.4, -0.2) is 18.4 Å². The maximum atomic E-state index is 3.80. The third-order valence-corrected chi connectivity index (χ3v) is 14.4. The van der Waals surface area contributed by atoms with Crippen molar-refractivity contribution in [2.24, 2.45) is 0 Å². The molecule has 0 spiro atoms. The van der Waals surface area contributed by atoms with E-state index in [9.17, 15) is 0 Å². The Morgan fingerprint density at radius 1 is 0.419 bits per heavy atom. The first-order valence-electron chi connectivity index (χ1n) is 10.6. The summed E-state index contributed by atoms with van der Waals surface area (Å²) in [7, 11) is 0. The van der Waals surface area contributed by atoms with Crippen LogP contribution in [-0.2, 0) is 8.87 Å². The zero-order chi connectivity index (χ0) is 21.2. The van der Waals surface area contributed by atoms with E-state index >= 15 is 0 Å². The van der Waals surface area contributed by atoms with Gasteiger partial charge in [0.2, 0.25) is 0 Å². The molecular formula is C30H24Sn. The molecule has 0 fully saturated rings. The number of hydrogen-bond acceptors (Lipinski definition) is 0. The van der Waals surface area contributed by atoms with Gasteiger partial charge in [-0.25, -0.2) is 0 Å². The van der Waals surface area contributed by atoms with Gasteiger partial charge in [-0.3, -0.25) is 0 Å². The van der Waals surface area contributed by atoms with Crippen molar-refractivity contribution in [3.05, 3.63) is 144 Å². The fourth-order valence-corrected chi connectivity index (χ4v) is 12.6. The quantitative estimate of drug-likeness (QED) is 0.231. The van der Waals surface area contributed by atoms with Crippen molar-refractivity contribution in [3.63, 3.8) is 0 Å². The van der Waals surface area contributed by atoms with Gasteiger partial charge in [0.25, 0.3) is 0 Å². The average molecular weight is 503 g/mol. The van der Waals surface area contributed by atoms with E-state index in [1.807, 2.05) is 36.4 Å². The zero-order valence-electron chi connectivity index (χ0n) is 17.5. The van der Waals surface area contributed by atoms with Gasteiger partial charge in [0.15, 0.2) is 0 Å². The van der Waals surface area contributed by atoms with Crippen molar-refractivity contribution in [1.82, 2.24) is 0 Å². The van der Waals surface area contributed by atoms with Crippen LogP contribution in [0.4, 0.5) is 0 Å². The van der Waals surface area contributed by atoms with Crippen LogP contribution in [0.15, 0.2) is 121 Å². The van der Waals surface area contributed by atoms with Crippen LogP contribution in [0.5, 0.6) is 0 Å². The van der Waals surface area contributed by atoms with Crippen LogP contribution < -0.4 is 0 Å². The Kier molecular flexibility index (Phi) is 7.28. The van der Waals surface area contributed by atoms with Gasteiger partial charge in [-0.05, 0) is 0 Å². The molecule has 0 nitrogen and oxygen atoms in total. The van der Waals surface area contributed by atoms with Crippen LogP contribution >= 0.6 is 0 Å². The summed E-state index contributed by atoms with van der Waals surface area (Å²) < 4.78 is 9.56. The number of rotatable bonds is 4. The summed E-state index contributed by atoms with van der Waals surface area (Å²) >= 11 is -3.32. The van der Waals surface area contributed by atoms with Gasteiger partial charge in [0, 0.05) is 0 Å². The molecule has 4 rings (SSSR count). The monoisotopic (exact) mass is 504 g/mol.